The van der Waals surface area contributed by atoms with Crippen LogP contribution in [0.5, 0.6) is 0 Å². The van der Waals surface area contributed by atoms with Gasteiger partial charge in [0.05, 0.1) is 5.69 Å². The summed E-state index contributed by atoms with van der Waals surface area (Å²) in [5.74, 6) is 0. The molecule has 1 heterocycles. The molecule has 9 aromatic carbocycles. The first kappa shape index (κ1) is 32.0. The lowest BCUT2D eigenvalue weighted by molar-refractivity contribution is 1.28. The Bertz CT molecular complexity index is 2920. The molecule has 0 saturated heterocycles. The fraction of sp³-hybridized carbons (Fsp3) is 0. The smallest absolute Gasteiger partial charge is 0.0540 e. The van der Waals surface area contributed by atoms with Crippen LogP contribution >= 0.6 is 11.3 Å². The summed E-state index contributed by atoms with van der Waals surface area (Å²) in [7, 11) is 0. The summed E-state index contributed by atoms with van der Waals surface area (Å²) >= 11 is 1.88. The minimum Gasteiger partial charge on any atom is -0.310 e. The lowest BCUT2D eigenvalue weighted by atomic mass is 9.95. The third-order valence-electron chi connectivity index (χ3n) is 10.5. The Kier molecular flexibility index (Phi) is 8.09. The number of hydrogen-bond acceptors (Lipinski definition) is 2. The van der Waals surface area contributed by atoms with Gasteiger partial charge in [-0.2, -0.15) is 0 Å². The summed E-state index contributed by atoms with van der Waals surface area (Å²) in [5, 5.41) is 5.10. The minimum atomic E-state index is 1.10. The van der Waals surface area contributed by atoms with Gasteiger partial charge in [0, 0.05) is 37.1 Å². The van der Waals surface area contributed by atoms with Crippen LogP contribution in [0.2, 0.25) is 0 Å². The van der Waals surface area contributed by atoms with Crippen LogP contribution in [-0.2, 0) is 0 Å². The van der Waals surface area contributed by atoms with E-state index in [9.17, 15) is 0 Å². The molecule has 10 aromatic rings. The predicted octanol–water partition coefficient (Wildman–Crippen LogP) is 15.3. The fourth-order valence-electron chi connectivity index (χ4n) is 7.86. The summed E-state index contributed by atoms with van der Waals surface area (Å²) in [6.45, 7) is 0. The van der Waals surface area contributed by atoms with E-state index in [1.54, 1.807) is 0 Å². The van der Waals surface area contributed by atoms with Gasteiger partial charge in [-0.25, -0.2) is 0 Å². The Balaban J connectivity index is 1.12. The van der Waals surface area contributed by atoms with E-state index in [2.05, 4.69) is 217 Å². The number of fused-ring (bicyclic) bond motifs is 4. The van der Waals surface area contributed by atoms with E-state index in [0.29, 0.717) is 0 Å². The summed E-state index contributed by atoms with van der Waals surface area (Å²) in [5.41, 5.74) is 13.0. The highest BCUT2D eigenvalue weighted by atomic mass is 32.1. The van der Waals surface area contributed by atoms with Gasteiger partial charge in [-0.05, 0) is 86.1 Å². The first-order valence-electron chi connectivity index (χ1n) is 18.4. The maximum Gasteiger partial charge on any atom is 0.0540 e. The standard InChI is InChI=1S/C52H35NS/c1-2-13-36(14-3-1)37-27-29-38(30-28-37)39-31-33-42(34-32-39)53(50-25-8-6-20-47(50)46-23-11-16-40-15-4-5-19-44(40)46)43-18-10-17-41(35-43)45-22-12-24-49-48-21-7-9-26-51(48)54-52(45)49/h1-35H. The molecule has 0 unspecified atom stereocenters. The van der Waals surface area contributed by atoms with Gasteiger partial charge < -0.3 is 4.90 Å². The molecule has 0 aliphatic carbocycles. The third-order valence-corrected chi connectivity index (χ3v) is 11.7. The van der Waals surface area contributed by atoms with Crippen molar-refractivity contribution < 1.29 is 0 Å². The molecule has 0 fully saturated rings. The van der Waals surface area contributed by atoms with Crippen molar-refractivity contribution in [2.75, 3.05) is 4.90 Å². The molecule has 0 radical (unpaired) electrons. The lowest BCUT2D eigenvalue weighted by Crippen LogP contribution is -2.11. The number of rotatable bonds is 7. The Labute approximate surface area is 319 Å². The Hall–Kier alpha value is -6.74. The minimum absolute atomic E-state index is 1.10. The number of thiophene rings is 1. The summed E-state index contributed by atoms with van der Waals surface area (Å²) in [4.78, 5) is 2.42. The molecule has 0 saturated carbocycles. The van der Waals surface area contributed by atoms with Crippen LogP contribution in [0.4, 0.5) is 17.1 Å². The first-order valence-corrected chi connectivity index (χ1v) is 19.2. The summed E-state index contributed by atoms with van der Waals surface area (Å²) in [6, 6.07) is 77.1. The second-order valence-electron chi connectivity index (χ2n) is 13.7. The van der Waals surface area contributed by atoms with Crippen molar-refractivity contribution in [3.05, 3.63) is 212 Å². The van der Waals surface area contributed by atoms with Crippen LogP contribution in [0.1, 0.15) is 0 Å². The molecular weight excluding hydrogens is 671 g/mol. The highest BCUT2D eigenvalue weighted by Gasteiger charge is 2.20. The maximum atomic E-state index is 2.42. The van der Waals surface area contributed by atoms with Gasteiger partial charge >= 0.3 is 0 Å². The quantitative estimate of drug-likeness (QED) is 0.160. The monoisotopic (exact) mass is 705 g/mol. The first-order chi connectivity index (χ1) is 26.8. The van der Waals surface area contributed by atoms with Gasteiger partial charge in [0.25, 0.3) is 0 Å². The average Bonchev–Trinajstić information content (AvgIpc) is 3.64. The van der Waals surface area contributed by atoms with Crippen molar-refractivity contribution in [1.29, 1.82) is 0 Å². The number of nitrogens with zero attached hydrogens (tertiary/aromatic N) is 1. The predicted molar refractivity (Wildman–Crippen MR) is 233 cm³/mol. The Morgan fingerprint density at radius 3 is 1.67 bits per heavy atom. The van der Waals surface area contributed by atoms with E-state index in [1.807, 2.05) is 11.3 Å². The molecule has 2 heteroatoms. The number of benzene rings is 9. The van der Waals surface area contributed by atoms with E-state index in [0.717, 1.165) is 17.1 Å². The highest BCUT2D eigenvalue weighted by Crippen LogP contribution is 2.45. The molecule has 0 N–H and O–H groups in total. The van der Waals surface area contributed by atoms with Crippen molar-refractivity contribution in [2.24, 2.45) is 0 Å². The lowest BCUT2D eigenvalue weighted by Gasteiger charge is -2.29. The maximum absolute atomic E-state index is 2.42. The van der Waals surface area contributed by atoms with Crippen molar-refractivity contribution in [1.82, 2.24) is 0 Å². The molecule has 0 aliphatic rings. The SMILES string of the molecule is c1ccc(-c2ccc(-c3ccc(N(c4cccc(-c5cccc6c5sc5ccccc56)c4)c4ccccc4-c4cccc5ccccc45)cc3)cc2)cc1. The van der Waals surface area contributed by atoms with Crippen molar-refractivity contribution >= 4 is 59.3 Å². The zero-order valence-corrected chi connectivity index (χ0v) is 30.4. The third kappa shape index (κ3) is 5.74. The van der Waals surface area contributed by atoms with Crippen LogP contribution in [-0.4, -0.2) is 0 Å². The molecule has 254 valence electrons. The van der Waals surface area contributed by atoms with E-state index in [1.165, 1.54) is 75.5 Å². The highest BCUT2D eigenvalue weighted by molar-refractivity contribution is 7.26. The number of hydrogen-bond donors (Lipinski definition) is 0. The normalized spacial score (nSPS) is 11.3. The molecule has 0 atom stereocenters. The van der Waals surface area contributed by atoms with Gasteiger partial charge in [0.1, 0.15) is 0 Å². The van der Waals surface area contributed by atoms with Crippen LogP contribution in [0, 0.1) is 0 Å². The van der Waals surface area contributed by atoms with Gasteiger partial charge in [-0.3, -0.25) is 0 Å². The van der Waals surface area contributed by atoms with Crippen LogP contribution in [0.15, 0.2) is 212 Å². The zero-order valence-electron chi connectivity index (χ0n) is 29.6. The topological polar surface area (TPSA) is 3.24 Å². The summed E-state index contributed by atoms with van der Waals surface area (Å²) < 4.78 is 2.64. The van der Waals surface area contributed by atoms with Gasteiger partial charge in [-0.15, -0.1) is 11.3 Å². The number of para-hydroxylation sites is 1. The Morgan fingerprint density at radius 1 is 0.315 bits per heavy atom. The summed E-state index contributed by atoms with van der Waals surface area (Å²) in [6.07, 6.45) is 0. The van der Waals surface area contributed by atoms with Crippen LogP contribution in [0.3, 0.4) is 0 Å². The van der Waals surface area contributed by atoms with E-state index < -0.39 is 0 Å². The molecule has 0 aliphatic heterocycles. The van der Waals surface area contributed by atoms with Gasteiger partial charge in [-0.1, -0.05) is 176 Å². The van der Waals surface area contributed by atoms with E-state index in [-0.39, 0.29) is 0 Å². The zero-order chi connectivity index (χ0) is 35.8. The molecule has 0 amide bonds. The van der Waals surface area contributed by atoms with Crippen molar-refractivity contribution in [3.8, 4) is 44.5 Å². The molecule has 10 rings (SSSR count). The van der Waals surface area contributed by atoms with Gasteiger partial charge in [0.2, 0.25) is 0 Å². The molecule has 0 bridgehead atoms. The largest absolute Gasteiger partial charge is 0.310 e. The Morgan fingerprint density at radius 2 is 0.852 bits per heavy atom. The van der Waals surface area contributed by atoms with Gasteiger partial charge in [0.15, 0.2) is 0 Å². The van der Waals surface area contributed by atoms with Crippen LogP contribution < -0.4 is 4.90 Å². The average molecular weight is 706 g/mol. The van der Waals surface area contributed by atoms with Crippen molar-refractivity contribution in [2.45, 2.75) is 0 Å². The van der Waals surface area contributed by atoms with Crippen molar-refractivity contribution in [3.63, 3.8) is 0 Å². The van der Waals surface area contributed by atoms with E-state index in [4.69, 9.17) is 0 Å². The second-order valence-corrected chi connectivity index (χ2v) is 14.8. The van der Waals surface area contributed by atoms with E-state index >= 15 is 0 Å². The molecule has 1 nitrogen and oxygen atoms in total. The number of anilines is 3. The molecular formula is C52H35NS. The fourth-order valence-corrected chi connectivity index (χ4v) is 9.10. The molecule has 1 aromatic heterocycles. The molecule has 0 spiro atoms. The molecule has 54 heavy (non-hydrogen) atoms. The van der Waals surface area contributed by atoms with Crippen LogP contribution in [0.25, 0.3) is 75.5 Å². The second kappa shape index (κ2) is 13.7.